The van der Waals surface area contributed by atoms with Crippen LogP contribution in [0.3, 0.4) is 0 Å². The lowest BCUT2D eigenvalue weighted by atomic mass is 9.75. The molecule has 0 radical (unpaired) electrons. The van der Waals surface area contributed by atoms with Crippen LogP contribution < -0.4 is 0 Å². The standard InChI is InChI=1S/C17H26O2S/c1-4-12(2)14-5-7-15(8-6-14)17(18)19-13(3)16-9-10-20-11-16/h9-15H,4-8H2,1-3H3. The Hall–Kier alpha value is -0.830. The van der Waals surface area contributed by atoms with E-state index in [2.05, 4.69) is 19.2 Å². The van der Waals surface area contributed by atoms with E-state index < -0.39 is 0 Å². The SMILES string of the molecule is CCC(C)C1CCC(C(=O)OC(C)c2ccsc2)CC1. The highest BCUT2D eigenvalue weighted by Crippen LogP contribution is 2.35. The summed E-state index contributed by atoms with van der Waals surface area (Å²) < 4.78 is 5.62. The van der Waals surface area contributed by atoms with E-state index >= 15 is 0 Å². The van der Waals surface area contributed by atoms with Crippen LogP contribution in [-0.4, -0.2) is 5.97 Å². The molecule has 1 heterocycles. The van der Waals surface area contributed by atoms with Crippen LogP contribution in [0.4, 0.5) is 0 Å². The molecule has 0 aromatic carbocycles. The summed E-state index contributed by atoms with van der Waals surface area (Å²) in [5, 5.41) is 4.08. The van der Waals surface area contributed by atoms with E-state index in [0.717, 1.165) is 30.2 Å². The quantitative estimate of drug-likeness (QED) is 0.697. The summed E-state index contributed by atoms with van der Waals surface area (Å²) in [4.78, 5) is 12.2. The van der Waals surface area contributed by atoms with Gasteiger partial charge >= 0.3 is 5.97 Å². The maximum Gasteiger partial charge on any atom is 0.309 e. The number of carbonyl (C=O) groups excluding carboxylic acids is 1. The van der Waals surface area contributed by atoms with Crippen molar-refractivity contribution in [3.05, 3.63) is 22.4 Å². The minimum absolute atomic E-state index is 0.00583. The van der Waals surface area contributed by atoms with Crippen molar-refractivity contribution in [1.29, 1.82) is 0 Å². The molecule has 3 heteroatoms. The molecule has 2 atom stereocenters. The Morgan fingerprint density at radius 1 is 1.35 bits per heavy atom. The van der Waals surface area contributed by atoms with Crippen molar-refractivity contribution < 1.29 is 9.53 Å². The van der Waals surface area contributed by atoms with Crippen LogP contribution in [0, 0.1) is 17.8 Å². The maximum absolute atomic E-state index is 12.2. The molecule has 2 rings (SSSR count). The molecule has 1 aromatic heterocycles. The second-order valence-corrected chi connectivity index (χ2v) is 6.91. The zero-order valence-electron chi connectivity index (χ0n) is 12.8. The number of hydrogen-bond donors (Lipinski definition) is 0. The molecule has 1 saturated carbocycles. The van der Waals surface area contributed by atoms with Gasteiger partial charge in [0, 0.05) is 5.56 Å². The average Bonchev–Trinajstić information content (AvgIpc) is 3.01. The summed E-state index contributed by atoms with van der Waals surface area (Å²) in [5.74, 6) is 1.72. The van der Waals surface area contributed by atoms with Gasteiger partial charge in [-0.3, -0.25) is 4.79 Å². The Morgan fingerprint density at radius 3 is 2.60 bits per heavy atom. The number of rotatable bonds is 5. The Labute approximate surface area is 126 Å². The number of carbonyl (C=O) groups is 1. The first-order valence-corrected chi connectivity index (χ1v) is 8.78. The molecule has 20 heavy (non-hydrogen) atoms. The lowest BCUT2D eigenvalue weighted by Gasteiger charge is -2.31. The summed E-state index contributed by atoms with van der Waals surface area (Å²) in [6, 6.07) is 2.03. The van der Waals surface area contributed by atoms with Crippen LogP contribution in [0.1, 0.15) is 64.5 Å². The molecule has 1 aromatic rings. The highest BCUT2D eigenvalue weighted by Gasteiger charge is 2.30. The fourth-order valence-electron chi connectivity index (χ4n) is 3.10. The molecular formula is C17H26O2S. The van der Waals surface area contributed by atoms with E-state index in [1.165, 1.54) is 19.3 Å². The molecule has 0 spiro atoms. The molecular weight excluding hydrogens is 268 g/mol. The van der Waals surface area contributed by atoms with E-state index in [9.17, 15) is 4.79 Å². The first-order chi connectivity index (χ1) is 9.61. The lowest BCUT2D eigenvalue weighted by molar-refractivity contribution is -0.155. The average molecular weight is 294 g/mol. The highest BCUT2D eigenvalue weighted by atomic mass is 32.1. The Bertz CT molecular complexity index is 405. The van der Waals surface area contributed by atoms with Crippen LogP contribution in [0.15, 0.2) is 16.8 Å². The van der Waals surface area contributed by atoms with Gasteiger partial charge in [0.25, 0.3) is 0 Å². The van der Waals surface area contributed by atoms with Crippen LogP contribution >= 0.6 is 11.3 Å². The van der Waals surface area contributed by atoms with Crippen LogP contribution in [-0.2, 0) is 9.53 Å². The second kappa shape index (κ2) is 7.26. The second-order valence-electron chi connectivity index (χ2n) is 6.13. The topological polar surface area (TPSA) is 26.3 Å². The third-order valence-electron chi connectivity index (χ3n) is 4.86. The highest BCUT2D eigenvalue weighted by molar-refractivity contribution is 7.07. The van der Waals surface area contributed by atoms with E-state index in [-0.39, 0.29) is 18.0 Å². The first-order valence-electron chi connectivity index (χ1n) is 7.84. The molecule has 0 amide bonds. The Morgan fingerprint density at radius 2 is 2.05 bits per heavy atom. The molecule has 0 saturated heterocycles. The van der Waals surface area contributed by atoms with Gasteiger partial charge in [0.15, 0.2) is 0 Å². The third kappa shape index (κ3) is 3.85. The van der Waals surface area contributed by atoms with Crippen molar-refractivity contribution in [1.82, 2.24) is 0 Å². The maximum atomic E-state index is 12.2. The molecule has 0 N–H and O–H groups in total. The number of ether oxygens (including phenoxy) is 1. The smallest absolute Gasteiger partial charge is 0.309 e. The van der Waals surface area contributed by atoms with Gasteiger partial charge in [0.1, 0.15) is 6.10 Å². The van der Waals surface area contributed by atoms with Gasteiger partial charge in [0.05, 0.1) is 5.92 Å². The van der Waals surface area contributed by atoms with Crippen molar-refractivity contribution in [2.45, 2.75) is 59.0 Å². The minimum atomic E-state index is -0.110. The van der Waals surface area contributed by atoms with Crippen molar-refractivity contribution >= 4 is 17.3 Å². The fourth-order valence-corrected chi connectivity index (χ4v) is 3.84. The van der Waals surface area contributed by atoms with Crippen molar-refractivity contribution in [2.24, 2.45) is 17.8 Å². The largest absolute Gasteiger partial charge is 0.458 e. The molecule has 2 nitrogen and oxygen atoms in total. The fraction of sp³-hybridized carbons (Fsp3) is 0.706. The van der Waals surface area contributed by atoms with Crippen LogP contribution in [0.2, 0.25) is 0 Å². The lowest BCUT2D eigenvalue weighted by Crippen LogP contribution is -2.26. The molecule has 2 unspecified atom stereocenters. The number of hydrogen-bond acceptors (Lipinski definition) is 3. The van der Waals surface area contributed by atoms with Gasteiger partial charge < -0.3 is 4.74 Å². The molecule has 112 valence electrons. The van der Waals surface area contributed by atoms with Crippen LogP contribution in [0.5, 0.6) is 0 Å². The molecule has 1 fully saturated rings. The predicted octanol–water partition coefficient (Wildman–Crippen LogP) is 5.20. The van der Waals surface area contributed by atoms with Gasteiger partial charge in [-0.15, -0.1) is 0 Å². The van der Waals surface area contributed by atoms with Crippen molar-refractivity contribution in [2.75, 3.05) is 0 Å². The van der Waals surface area contributed by atoms with Crippen LogP contribution in [0.25, 0.3) is 0 Å². The van der Waals surface area contributed by atoms with E-state index in [1.54, 1.807) is 11.3 Å². The summed E-state index contributed by atoms with van der Waals surface area (Å²) in [6.45, 7) is 6.56. The Kier molecular flexibility index (Phi) is 5.64. The molecule has 0 bridgehead atoms. The monoisotopic (exact) mass is 294 g/mol. The normalized spacial score (nSPS) is 25.9. The molecule has 1 aliphatic carbocycles. The summed E-state index contributed by atoms with van der Waals surface area (Å²) in [7, 11) is 0. The third-order valence-corrected chi connectivity index (χ3v) is 5.56. The summed E-state index contributed by atoms with van der Waals surface area (Å²) in [6.07, 6.45) is 5.51. The van der Waals surface area contributed by atoms with Crippen molar-refractivity contribution in [3.8, 4) is 0 Å². The van der Waals surface area contributed by atoms with Gasteiger partial charge in [-0.25, -0.2) is 0 Å². The van der Waals surface area contributed by atoms with Gasteiger partial charge in [0.2, 0.25) is 0 Å². The van der Waals surface area contributed by atoms with Gasteiger partial charge in [-0.1, -0.05) is 20.3 Å². The van der Waals surface area contributed by atoms with E-state index in [1.807, 2.05) is 18.4 Å². The zero-order valence-corrected chi connectivity index (χ0v) is 13.6. The first kappa shape index (κ1) is 15.6. The predicted molar refractivity (Wildman–Crippen MR) is 83.7 cm³/mol. The van der Waals surface area contributed by atoms with Gasteiger partial charge in [-0.05, 0) is 61.3 Å². The molecule has 0 aliphatic heterocycles. The van der Waals surface area contributed by atoms with E-state index in [4.69, 9.17) is 4.74 Å². The van der Waals surface area contributed by atoms with E-state index in [0.29, 0.717) is 0 Å². The van der Waals surface area contributed by atoms with Gasteiger partial charge in [-0.2, -0.15) is 11.3 Å². The summed E-state index contributed by atoms with van der Waals surface area (Å²) in [5.41, 5.74) is 1.11. The minimum Gasteiger partial charge on any atom is -0.458 e. The molecule has 1 aliphatic rings. The zero-order chi connectivity index (χ0) is 14.5. The number of thiophene rings is 1. The van der Waals surface area contributed by atoms with Crippen molar-refractivity contribution in [3.63, 3.8) is 0 Å². The Balaban J connectivity index is 1.80. The number of esters is 1. The summed E-state index contributed by atoms with van der Waals surface area (Å²) >= 11 is 1.65.